The van der Waals surface area contributed by atoms with Crippen LogP contribution in [-0.2, 0) is 16.1 Å². The molecule has 0 spiro atoms. The quantitative estimate of drug-likeness (QED) is 0.707. The molecular weight excluding hydrogens is 238 g/mol. The lowest BCUT2D eigenvalue weighted by Gasteiger charge is -2.11. The van der Waals surface area contributed by atoms with Crippen molar-refractivity contribution >= 4 is 5.91 Å². The van der Waals surface area contributed by atoms with Crippen LogP contribution < -0.4 is 16.4 Å². The van der Waals surface area contributed by atoms with Crippen LogP contribution in [0.2, 0.25) is 0 Å². The number of rotatable bonds is 4. The second-order valence-electron chi connectivity index (χ2n) is 4.17. The molecule has 1 fully saturated rings. The summed E-state index contributed by atoms with van der Waals surface area (Å²) >= 11 is 0. The summed E-state index contributed by atoms with van der Waals surface area (Å²) in [5.41, 5.74) is -0.830. The number of carbonyl (C=O) groups excluding carboxylic acids is 1. The molecule has 2 heterocycles. The zero-order valence-electron chi connectivity index (χ0n) is 9.85. The van der Waals surface area contributed by atoms with Gasteiger partial charge in [-0.2, -0.15) is 0 Å². The van der Waals surface area contributed by atoms with Crippen molar-refractivity contribution in [1.29, 1.82) is 0 Å². The zero-order valence-corrected chi connectivity index (χ0v) is 9.85. The van der Waals surface area contributed by atoms with E-state index in [0.717, 1.165) is 36.3 Å². The normalized spacial score (nSPS) is 18.8. The van der Waals surface area contributed by atoms with Crippen LogP contribution in [0, 0.1) is 0 Å². The van der Waals surface area contributed by atoms with Gasteiger partial charge in [-0.15, -0.1) is 0 Å². The van der Waals surface area contributed by atoms with Crippen molar-refractivity contribution in [3.05, 3.63) is 32.8 Å². The molecule has 0 unspecified atom stereocenters. The molecule has 1 atom stereocenters. The van der Waals surface area contributed by atoms with Crippen LogP contribution in [0.4, 0.5) is 0 Å². The van der Waals surface area contributed by atoms with E-state index in [1.807, 2.05) is 0 Å². The fourth-order valence-electron chi connectivity index (χ4n) is 1.81. The lowest BCUT2D eigenvalue weighted by atomic mass is 10.2. The van der Waals surface area contributed by atoms with Crippen molar-refractivity contribution < 1.29 is 9.53 Å². The van der Waals surface area contributed by atoms with Gasteiger partial charge in [-0.3, -0.25) is 19.5 Å². The molecule has 1 aliphatic heterocycles. The number of H-pyrrole nitrogens is 1. The van der Waals surface area contributed by atoms with E-state index in [1.54, 1.807) is 0 Å². The van der Waals surface area contributed by atoms with Gasteiger partial charge < -0.3 is 10.1 Å². The molecule has 18 heavy (non-hydrogen) atoms. The zero-order chi connectivity index (χ0) is 13.0. The Labute approximate surface area is 103 Å². The molecule has 0 aromatic carbocycles. The minimum atomic E-state index is -0.415. The summed E-state index contributed by atoms with van der Waals surface area (Å²) in [6, 6.07) is 2.26. The number of nitrogens with one attached hydrogen (secondary N) is 2. The molecule has 1 saturated heterocycles. The maximum Gasteiger partial charge on any atom is 0.265 e. The SMILES string of the molecule is O=C(Cn1[nH]c(=O)ccc1=O)NC[C@H]1CCCO1. The smallest absolute Gasteiger partial charge is 0.265 e. The van der Waals surface area contributed by atoms with Crippen LogP contribution in [0.3, 0.4) is 0 Å². The Bertz CT molecular complexity index is 528. The molecule has 1 amide bonds. The molecule has 7 nitrogen and oxygen atoms in total. The van der Waals surface area contributed by atoms with Crippen molar-refractivity contribution in [2.75, 3.05) is 13.2 Å². The lowest BCUT2D eigenvalue weighted by Crippen LogP contribution is -2.38. The monoisotopic (exact) mass is 253 g/mol. The topological polar surface area (TPSA) is 93.2 Å². The fraction of sp³-hybridized carbons (Fsp3) is 0.545. The molecule has 7 heteroatoms. The van der Waals surface area contributed by atoms with Crippen molar-refractivity contribution in [2.45, 2.75) is 25.5 Å². The van der Waals surface area contributed by atoms with Crippen molar-refractivity contribution in [3.8, 4) is 0 Å². The first-order valence-corrected chi connectivity index (χ1v) is 5.83. The van der Waals surface area contributed by atoms with E-state index >= 15 is 0 Å². The van der Waals surface area contributed by atoms with E-state index in [-0.39, 0.29) is 18.6 Å². The number of amides is 1. The van der Waals surface area contributed by atoms with Crippen LogP contribution in [0.1, 0.15) is 12.8 Å². The molecule has 2 rings (SSSR count). The molecule has 0 saturated carbocycles. The Morgan fingerprint density at radius 2 is 2.33 bits per heavy atom. The Hall–Kier alpha value is -1.89. The molecular formula is C11H15N3O4. The van der Waals surface area contributed by atoms with Gasteiger partial charge in [-0.25, -0.2) is 4.68 Å². The molecule has 98 valence electrons. The van der Waals surface area contributed by atoms with Crippen molar-refractivity contribution in [2.24, 2.45) is 0 Å². The number of aromatic nitrogens is 2. The van der Waals surface area contributed by atoms with Gasteiger partial charge in [-0.05, 0) is 12.8 Å². The van der Waals surface area contributed by atoms with E-state index in [4.69, 9.17) is 4.74 Å². The predicted molar refractivity (Wildman–Crippen MR) is 63.3 cm³/mol. The minimum absolute atomic E-state index is 0.0560. The van der Waals surface area contributed by atoms with Gasteiger partial charge in [0.2, 0.25) is 5.91 Å². The maximum atomic E-state index is 11.6. The Balaban J connectivity index is 1.88. The number of aromatic amines is 1. The number of nitrogens with zero attached hydrogens (tertiary/aromatic N) is 1. The molecule has 0 bridgehead atoms. The average molecular weight is 253 g/mol. The van der Waals surface area contributed by atoms with Crippen LogP contribution in [0.5, 0.6) is 0 Å². The number of carbonyl (C=O) groups is 1. The first-order valence-electron chi connectivity index (χ1n) is 5.83. The molecule has 1 aromatic rings. The number of hydrogen-bond donors (Lipinski definition) is 2. The highest BCUT2D eigenvalue weighted by molar-refractivity contribution is 5.75. The second-order valence-corrected chi connectivity index (χ2v) is 4.17. The first kappa shape index (κ1) is 12.6. The van der Waals surface area contributed by atoms with E-state index in [0.29, 0.717) is 6.54 Å². The highest BCUT2D eigenvalue weighted by Gasteiger charge is 2.16. The summed E-state index contributed by atoms with van der Waals surface area (Å²) in [5, 5.41) is 4.97. The van der Waals surface area contributed by atoms with E-state index in [2.05, 4.69) is 10.4 Å². The highest BCUT2D eigenvalue weighted by Crippen LogP contribution is 2.10. The molecule has 1 aliphatic rings. The van der Waals surface area contributed by atoms with Crippen LogP contribution in [0.25, 0.3) is 0 Å². The largest absolute Gasteiger partial charge is 0.376 e. The Kier molecular flexibility index (Phi) is 3.93. The van der Waals surface area contributed by atoms with E-state index in [1.165, 1.54) is 0 Å². The molecule has 0 radical (unpaired) electrons. The van der Waals surface area contributed by atoms with Crippen LogP contribution >= 0.6 is 0 Å². The molecule has 0 aliphatic carbocycles. The summed E-state index contributed by atoms with van der Waals surface area (Å²) in [6.07, 6.45) is 1.99. The predicted octanol–water partition coefficient (Wildman–Crippen LogP) is -1.17. The number of hydrogen-bond acceptors (Lipinski definition) is 4. The third-order valence-corrected chi connectivity index (χ3v) is 2.74. The Morgan fingerprint density at radius 3 is 3.06 bits per heavy atom. The second kappa shape index (κ2) is 5.63. The van der Waals surface area contributed by atoms with Crippen molar-refractivity contribution in [3.63, 3.8) is 0 Å². The van der Waals surface area contributed by atoms with Gasteiger partial charge in [0.15, 0.2) is 0 Å². The molecule has 1 aromatic heterocycles. The fourth-order valence-corrected chi connectivity index (χ4v) is 1.81. The molecule has 2 N–H and O–H groups in total. The van der Waals surface area contributed by atoms with Gasteiger partial charge in [0, 0.05) is 25.3 Å². The third-order valence-electron chi connectivity index (χ3n) is 2.74. The summed E-state index contributed by atoms with van der Waals surface area (Å²) in [5.74, 6) is -0.325. The average Bonchev–Trinajstić information content (AvgIpc) is 2.84. The van der Waals surface area contributed by atoms with Crippen LogP contribution in [-0.4, -0.2) is 34.9 Å². The van der Waals surface area contributed by atoms with Crippen molar-refractivity contribution in [1.82, 2.24) is 15.1 Å². The highest BCUT2D eigenvalue weighted by atomic mass is 16.5. The third kappa shape index (κ3) is 3.30. The Morgan fingerprint density at radius 1 is 1.50 bits per heavy atom. The summed E-state index contributed by atoms with van der Waals surface area (Å²) < 4.78 is 6.33. The van der Waals surface area contributed by atoms with Gasteiger partial charge in [0.05, 0.1) is 6.10 Å². The van der Waals surface area contributed by atoms with Gasteiger partial charge in [-0.1, -0.05) is 0 Å². The lowest BCUT2D eigenvalue weighted by molar-refractivity contribution is -0.122. The van der Waals surface area contributed by atoms with Gasteiger partial charge >= 0.3 is 0 Å². The van der Waals surface area contributed by atoms with Gasteiger partial charge in [0.1, 0.15) is 6.54 Å². The minimum Gasteiger partial charge on any atom is -0.376 e. The van der Waals surface area contributed by atoms with Gasteiger partial charge in [0.25, 0.3) is 11.1 Å². The van der Waals surface area contributed by atoms with E-state index < -0.39 is 11.1 Å². The first-order chi connectivity index (χ1) is 8.65. The standard InChI is InChI=1S/C11H15N3O4/c15-9-3-4-11(17)14(13-9)7-10(16)12-6-8-2-1-5-18-8/h3-4,8H,1-2,5-7H2,(H,12,16)(H,13,15)/t8-/m1/s1. The summed E-state index contributed by atoms with van der Waals surface area (Å²) in [4.78, 5) is 34.0. The summed E-state index contributed by atoms with van der Waals surface area (Å²) in [6.45, 7) is 0.971. The van der Waals surface area contributed by atoms with E-state index in [9.17, 15) is 14.4 Å². The summed E-state index contributed by atoms with van der Waals surface area (Å²) in [7, 11) is 0. The maximum absolute atomic E-state index is 11.6. The number of ether oxygens (including phenoxy) is 1. The van der Waals surface area contributed by atoms with Crippen LogP contribution in [0.15, 0.2) is 21.7 Å².